The second kappa shape index (κ2) is 6.98. The molecular weight excluding hydrogens is 234 g/mol. The third-order valence-electron chi connectivity index (χ3n) is 3.30. The van der Waals surface area contributed by atoms with Gasteiger partial charge in [0.1, 0.15) is 0 Å². The van der Waals surface area contributed by atoms with Crippen molar-refractivity contribution in [1.82, 2.24) is 9.78 Å². The molecule has 0 saturated heterocycles. The Bertz CT molecular complexity index is 476. The van der Waals surface area contributed by atoms with E-state index in [1.54, 1.807) is 0 Å². The van der Waals surface area contributed by atoms with Crippen molar-refractivity contribution in [2.75, 3.05) is 5.32 Å². The van der Waals surface area contributed by atoms with Crippen LogP contribution in [0.1, 0.15) is 39.5 Å². The summed E-state index contributed by atoms with van der Waals surface area (Å²) in [5.41, 5.74) is 2.25. The first-order valence-corrected chi connectivity index (χ1v) is 7.17. The Morgan fingerprint density at radius 3 is 2.79 bits per heavy atom. The molecular formula is C16H23N3. The van der Waals surface area contributed by atoms with Crippen molar-refractivity contribution in [2.24, 2.45) is 0 Å². The number of benzene rings is 1. The van der Waals surface area contributed by atoms with Gasteiger partial charge in [-0.25, -0.2) is 4.68 Å². The third kappa shape index (κ3) is 3.85. The summed E-state index contributed by atoms with van der Waals surface area (Å²) in [6, 6.07) is 10.8. The van der Waals surface area contributed by atoms with E-state index in [0.717, 1.165) is 11.4 Å². The molecule has 0 aliphatic heterocycles. The van der Waals surface area contributed by atoms with Gasteiger partial charge >= 0.3 is 0 Å². The van der Waals surface area contributed by atoms with Gasteiger partial charge in [-0.3, -0.25) is 0 Å². The topological polar surface area (TPSA) is 29.9 Å². The highest BCUT2D eigenvalue weighted by atomic mass is 15.3. The molecule has 1 unspecified atom stereocenters. The van der Waals surface area contributed by atoms with Gasteiger partial charge in [-0.1, -0.05) is 38.3 Å². The first-order chi connectivity index (χ1) is 9.31. The Hall–Kier alpha value is -1.77. The lowest BCUT2D eigenvalue weighted by Crippen LogP contribution is -2.16. The van der Waals surface area contributed by atoms with E-state index in [2.05, 4.69) is 42.5 Å². The van der Waals surface area contributed by atoms with Crippen molar-refractivity contribution in [1.29, 1.82) is 0 Å². The predicted octanol–water partition coefficient (Wildman–Crippen LogP) is 4.25. The van der Waals surface area contributed by atoms with Crippen LogP contribution < -0.4 is 5.32 Å². The minimum Gasteiger partial charge on any atom is -0.381 e. The molecule has 19 heavy (non-hydrogen) atoms. The number of para-hydroxylation sites is 2. The molecule has 0 saturated carbocycles. The van der Waals surface area contributed by atoms with E-state index in [1.165, 1.54) is 25.7 Å². The molecule has 1 heterocycles. The van der Waals surface area contributed by atoms with E-state index < -0.39 is 0 Å². The number of hydrogen-bond donors (Lipinski definition) is 1. The normalized spacial score (nSPS) is 12.3. The molecule has 0 bridgehead atoms. The second-order valence-electron chi connectivity index (χ2n) is 5.01. The smallest absolute Gasteiger partial charge is 0.0876 e. The molecule has 3 nitrogen and oxygen atoms in total. The lowest BCUT2D eigenvalue weighted by molar-refractivity contribution is 0.614. The SMILES string of the molecule is CCCCCC(C)Nc1ccccc1-n1cccn1. The van der Waals surface area contributed by atoms with E-state index in [9.17, 15) is 0 Å². The molecule has 1 aromatic carbocycles. The summed E-state index contributed by atoms with van der Waals surface area (Å²) in [4.78, 5) is 0. The summed E-state index contributed by atoms with van der Waals surface area (Å²) < 4.78 is 1.90. The third-order valence-corrected chi connectivity index (χ3v) is 3.30. The lowest BCUT2D eigenvalue weighted by Gasteiger charge is -2.18. The van der Waals surface area contributed by atoms with Gasteiger partial charge in [0.15, 0.2) is 0 Å². The van der Waals surface area contributed by atoms with Crippen LogP contribution in [0.15, 0.2) is 42.7 Å². The monoisotopic (exact) mass is 257 g/mol. The maximum absolute atomic E-state index is 4.31. The Morgan fingerprint density at radius 1 is 1.21 bits per heavy atom. The van der Waals surface area contributed by atoms with Crippen molar-refractivity contribution in [3.05, 3.63) is 42.7 Å². The van der Waals surface area contributed by atoms with E-state index >= 15 is 0 Å². The number of hydrogen-bond acceptors (Lipinski definition) is 2. The highest BCUT2D eigenvalue weighted by Crippen LogP contribution is 2.20. The van der Waals surface area contributed by atoms with Crippen LogP contribution in [0.3, 0.4) is 0 Å². The van der Waals surface area contributed by atoms with Crippen LogP contribution in [-0.2, 0) is 0 Å². The zero-order valence-electron chi connectivity index (χ0n) is 11.8. The highest BCUT2D eigenvalue weighted by molar-refractivity contribution is 5.60. The first-order valence-electron chi connectivity index (χ1n) is 7.17. The quantitative estimate of drug-likeness (QED) is 0.751. The number of aromatic nitrogens is 2. The van der Waals surface area contributed by atoms with Gasteiger partial charge in [0.25, 0.3) is 0 Å². The zero-order valence-corrected chi connectivity index (χ0v) is 11.8. The fourth-order valence-electron chi connectivity index (χ4n) is 2.24. The van der Waals surface area contributed by atoms with Crippen LogP contribution in [0.4, 0.5) is 5.69 Å². The largest absolute Gasteiger partial charge is 0.381 e. The van der Waals surface area contributed by atoms with Gasteiger partial charge in [0, 0.05) is 18.4 Å². The first kappa shape index (κ1) is 13.7. The molecule has 0 aliphatic carbocycles. The minimum atomic E-state index is 0.489. The summed E-state index contributed by atoms with van der Waals surface area (Å²) >= 11 is 0. The van der Waals surface area contributed by atoms with Crippen LogP contribution in [0.25, 0.3) is 5.69 Å². The summed E-state index contributed by atoms with van der Waals surface area (Å²) in [5.74, 6) is 0. The number of unbranched alkanes of at least 4 members (excludes halogenated alkanes) is 2. The van der Waals surface area contributed by atoms with Gasteiger partial charge in [0.05, 0.1) is 11.4 Å². The Balaban J connectivity index is 2.04. The molecule has 1 aromatic heterocycles. The number of anilines is 1. The molecule has 2 rings (SSSR count). The predicted molar refractivity (Wildman–Crippen MR) is 80.8 cm³/mol. The van der Waals surface area contributed by atoms with E-state index in [-0.39, 0.29) is 0 Å². The van der Waals surface area contributed by atoms with Crippen molar-refractivity contribution >= 4 is 5.69 Å². The van der Waals surface area contributed by atoms with Gasteiger partial charge < -0.3 is 5.32 Å². The second-order valence-corrected chi connectivity index (χ2v) is 5.01. The van der Waals surface area contributed by atoms with Crippen LogP contribution in [0.2, 0.25) is 0 Å². The van der Waals surface area contributed by atoms with Gasteiger partial charge in [-0.15, -0.1) is 0 Å². The fraction of sp³-hybridized carbons (Fsp3) is 0.438. The van der Waals surface area contributed by atoms with Crippen molar-refractivity contribution < 1.29 is 0 Å². The average Bonchev–Trinajstić information content (AvgIpc) is 2.93. The van der Waals surface area contributed by atoms with E-state index in [0.29, 0.717) is 6.04 Å². The molecule has 0 spiro atoms. The molecule has 102 valence electrons. The van der Waals surface area contributed by atoms with Crippen molar-refractivity contribution in [3.8, 4) is 5.69 Å². The number of nitrogens with zero attached hydrogens (tertiary/aromatic N) is 2. The van der Waals surface area contributed by atoms with Crippen molar-refractivity contribution in [3.63, 3.8) is 0 Å². The standard InChI is InChI=1S/C16H23N3/c1-3-4-5-9-14(2)18-15-10-6-7-11-16(15)19-13-8-12-17-19/h6-8,10-14,18H,3-5,9H2,1-2H3. The zero-order chi connectivity index (χ0) is 13.5. The molecule has 0 amide bonds. The van der Waals surface area contributed by atoms with Crippen LogP contribution in [0, 0.1) is 0 Å². The molecule has 2 aromatic rings. The molecule has 0 aliphatic rings. The molecule has 1 atom stereocenters. The maximum Gasteiger partial charge on any atom is 0.0876 e. The van der Waals surface area contributed by atoms with Gasteiger partial charge in [-0.2, -0.15) is 5.10 Å². The van der Waals surface area contributed by atoms with Crippen LogP contribution in [-0.4, -0.2) is 15.8 Å². The summed E-state index contributed by atoms with van der Waals surface area (Å²) in [7, 11) is 0. The molecule has 3 heteroatoms. The maximum atomic E-state index is 4.31. The minimum absolute atomic E-state index is 0.489. The molecule has 0 fully saturated rings. The van der Waals surface area contributed by atoms with Crippen LogP contribution in [0.5, 0.6) is 0 Å². The Kier molecular flexibility index (Phi) is 5.01. The Labute approximate surface area is 115 Å². The summed E-state index contributed by atoms with van der Waals surface area (Å²) in [5, 5.41) is 7.90. The van der Waals surface area contributed by atoms with Crippen molar-refractivity contribution in [2.45, 2.75) is 45.6 Å². The average molecular weight is 257 g/mol. The highest BCUT2D eigenvalue weighted by Gasteiger charge is 2.07. The summed E-state index contributed by atoms with van der Waals surface area (Å²) in [6.45, 7) is 4.49. The number of rotatable bonds is 7. The van der Waals surface area contributed by atoms with E-state index in [4.69, 9.17) is 0 Å². The fourth-order valence-corrected chi connectivity index (χ4v) is 2.24. The summed E-state index contributed by atoms with van der Waals surface area (Å²) in [6.07, 6.45) is 8.86. The Morgan fingerprint density at radius 2 is 2.05 bits per heavy atom. The van der Waals surface area contributed by atoms with Crippen LogP contribution >= 0.6 is 0 Å². The molecule has 0 radical (unpaired) electrons. The van der Waals surface area contributed by atoms with Gasteiger partial charge in [0.2, 0.25) is 0 Å². The molecule has 1 N–H and O–H groups in total. The van der Waals surface area contributed by atoms with E-state index in [1.807, 2.05) is 29.2 Å². The lowest BCUT2D eigenvalue weighted by atomic mass is 10.1. The van der Waals surface area contributed by atoms with Gasteiger partial charge in [-0.05, 0) is 31.5 Å². The number of nitrogens with one attached hydrogen (secondary N) is 1.